The number of rotatable bonds is 6. The summed E-state index contributed by atoms with van der Waals surface area (Å²) in [5.41, 5.74) is 3.69. The van der Waals surface area contributed by atoms with Gasteiger partial charge in [0.1, 0.15) is 11.0 Å². The lowest BCUT2D eigenvalue weighted by Crippen LogP contribution is -2.32. The fraction of sp³-hybridized carbons (Fsp3) is 0.455. The van der Waals surface area contributed by atoms with Gasteiger partial charge in [-0.05, 0) is 67.1 Å². The fourth-order valence-corrected chi connectivity index (χ4v) is 3.80. The Labute approximate surface area is 177 Å². The van der Waals surface area contributed by atoms with Gasteiger partial charge in [0.05, 0.1) is 6.61 Å². The molecule has 0 spiro atoms. The molecule has 6 nitrogen and oxygen atoms in total. The topological polar surface area (TPSA) is 77.5 Å². The second-order valence-electron chi connectivity index (χ2n) is 7.76. The maximum Gasteiger partial charge on any atom is 0.321 e. The normalized spacial score (nSPS) is 17.3. The molecule has 0 saturated carbocycles. The molecule has 1 aliphatic heterocycles. The number of hydrogen-bond donors (Lipinski definition) is 3. The Kier molecular flexibility index (Phi) is 6.98. The highest BCUT2D eigenvalue weighted by molar-refractivity contribution is 6.29. The summed E-state index contributed by atoms with van der Waals surface area (Å²) in [6.45, 7) is 7.68. The Morgan fingerprint density at radius 2 is 2.17 bits per heavy atom. The number of aromatic nitrogens is 1. The fourth-order valence-electron chi connectivity index (χ4n) is 3.59. The Morgan fingerprint density at radius 3 is 2.86 bits per heavy atom. The van der Waals surface area contributed by atoms with E-state index in [9.17, 15) is 9.90 Å². The molecule has 1 aromatic heterocycles. The predicted molar refractivity (Wildman–Crippen MR) is 119 cm³/mol. The molecule has 2 atom stereocenters. The van der Waals surface area contributed by atoms with E-state index >= 15 is 0 Å². The highest BCUT2D eigenvalue weighted by atomic mass is 35.5. The number of carbonyl (C=O) groups excluding carboxylic acids is 1. The van der Waals surface area contributed by atoms with E-state index in [-0.39, 0.29) is 18.7 Å². The van der Waals surface area contributed by atoms with Crippen molar-refractivity contribution in [2.45, 2.75) is 39.7 Å². The first-order valence-corrected chi connectivity index (χ1v) is 10.5. The van der Waals surface area contributed by atoms with Crippen LogP contribution < -0.4 is 10.6 Å². The minimum atomic E-state index is -0.132. The van der Waals surface area contributed by atoms with Crippen molar-refractivity contribution in [3.8, 4) is 11.1 Å². The number of likely N-dealkylation sites (tertiary alicyclic amines) is 1. The van der Waals surface area contributed by atoms with Crippen LogP contribution in [-0.2, 0) is 0 Å². The summed E-state index contributed by atoms with van der Waals surface area (Å²) >= 11 is 6.23. The van der Waals surface area contributed by atoms with Gasteiger partial charge in [0.25, 0.3) is 0 Å². The molecule has 0 aliphatic carbocycles. The van der Waals surface area contributed by atoms with Crippen LogP contribution in [0.15, 0.2) is 30.3 Å². The number of pyridine rings is 1. The highest BCUT2D eigenvalue weighted by Gasteiger charge is 2.25. The van der Waals surface area contributed by atoms with Crippen molar-refractivity contribution < 1.29 is 9.90 Å². The van der Waals surface area contributed by atoms with Crippen LogP contribution in [0.1, 0.15) is 32.3 Å². The SMILES string of the molecule is CC[C@@H]1CCN(C(=O)Nc2ccc(C)c(-c3cc(Cl)nc(N[C@H](C)CO)c3)c2)C1. The quantitative estimate of drug-likeness (QED) is 0.593. The van der Waals surface area contributed by atoms with Gasteiger partial charge < -0.3 is 20.6 Å². The summed E-state index contributed by atoms with van der Waals surface area (Å²) in [5, 5.41) is 15.8. The van der Waals surface area contributed by atoms with Crippen molar-refractivity contribution >= 4 is 29.1 Å². The summed E-state index contributed by atoms with van der Waals surface area (Å²) in [4.78, 5) is 18.8. The number of hydrogen-bond acceptors (Lipinski definition) is 4. The van der Waals surface area contributed by atoms with Crippen LogP contribution in [0, 0.1) is 12.8 Å². The van der Waals surface area contributed by atoms with Crippen molar-refractivity contribution in [2.75, 3.05) is 30.3 Å². The van der Waals surface area contributed by atoms with Gasteiger partial charge in [-0.1, -0.05) is 31.0 Å². The van der Waals surface area contributed by atoms with Crippen molar-refractivity contribution in [1.82, 2.24) is 9.88 Å². The van der Waals surface area contributed by atoms with E-state index in [0.29, 0.717) is 16.9 Å². The maximum absolute atomic E-state index is 12.6. The van der Waals surface area contributed by atoms with Crippen molar-refractivity contribution in [2.24, 2.45) is 5.92 Å². The molecular formula is C22H29ClN4O2. The Bertz CT molecular complexity index is 874. The van der Waals surface area contributed by atoms with Gasteiger partial charge in [-0.2, -0.15) is 0 Å². The number of nitrogens with zero attached hydrogens (tertiary/aromatic N) is 2. The summed E-state index contributed by atoms with van der Waals surface area (Å²) in [5.74, 6) is 1.20. The zero-order chi connectivity index (χ0) is 21.0. The van der Waals surface area contributed by atoms with Crippen molar-refractivity contribution in [3.63, 3.8) is 0 Å². The molecule has 1 fully saturated rings. The lowest BCUT2D eigenvalue weighted by Gasteiger charge is -2.18. The zero-order valence-electron chi connectivity index (χ0n) is 17.2. The van der Waals surface area contributed by atoms with E-state index in [2.05, 4.69) is 22.5 Å². The molecule has 3 N–H and O–H groups in total. The summed E-state index contributed by atoms with van der Waals surface area (Å²) in [6, 6.07) is 9.39. The lowest BCUT2D eigenvalue weighted by atomic mass is 10.0. The van der Waals surface area contributed by atoms with Gasteiger partial charge in [-0.25, -0.2) is 9.78 Å². The molecule has 7 heteroatoms. The number of nitrogens with one attached hydrogen (secondary N) is 2. The third kappa shape index (κ3) is 5.40. The number of carbonyl (C=O) groups is 1. The van der Waals surface area contributed by atoms with Crippen LogP contribution in [0.4, 0.5) is 16.3 Å². The molecule has 1 saturated heterocycles. The third-order valence-corrected chi connectivity index (χ3v) is 5.61. The number of amides is 2. The molecule has 156 valence electrons. The molecular weight excluding hydrogens is 388 g/mol. The molecule has 29 heavy (non-hydrogen) atoms. The standard InChI is InChI=1S/C22H29ClN4O2/c1-4-16-7-8-27(12-16)22(29)25-18-6-5-14(2)19(11-18)17-9-20(23)26-21(10-17)24-15(3)13-28/h5-6,9-11,15-16,28H,4,7-8,12-13H2,1-3H3,(H,24,26)(H,25,29)/t15-,16-/m1/s1. The highest BCUT2D eigenvalue weighted by Crippen LogP contribution is 2.30. The second-order valence-corrected chi connectivity index (χ2v) is 8.15. The van der Waals surface area contributed by atoms with Gasteiger partial charge in [-0.15, -0.1) is 0 Å². The monoisotopic (exact) mass is 416 g/mol. The molecule has 2 amide bonds. The first-order valence-electron chi connectivity index (χ1n) is 10.1. The first-order chi connectivity index (χ1) is 13.9. The minimum Gasteiger partial charge on any atom is -0.394 e. The van der Waals surface area contributed by atoms with Gasteiger partial charge in [-0.3, -0.25) is 0 Å². The molecule has 2 heterocycles. The third-order valence-electron chi connectivity index (χ3n) is 5.41. The van der Waals surface area contributed by atoms with Crippen LogP contribution >= 0.6 is 11.6 Å². The first kappa shape index (κ1) is 21.4. The molecule has 0 unspecified atom stereocenters. The van der Waals surface area contributed by atoms with E-state index in [4.69, 9.17) is 11.6 Å². The van der Waals surface area contributed by atoms with Gasteiger partial charge in [0.15, 0.2) is 0 Å². The van der Waals surface area contributed by atoms with Gasteiger partial charge >= 0.3 is 6.03 Å². The van der Waals surface area contributed by atoms with Crippen molar-refractivity contribution in [1.29, 1.82) is 0 Å². The van der Waals surface area contributed by atoms with E-state index < -0.39 is 0 Å². The summed E-state index contributed by atoms with van der Waals surface area (Å²) in [7, 11) is 0. The maximum atomic E-state index is 12.6. The smallest absolute Gasteiger partial charge is 0.321 e. The second kappa shape index (κ2) is 9.46. The molecule has 1 aliphatic rings. The largest absolute Gasteiger partial charge is 0.394 e. The molecule has 0 radical (unpaired) electrons. The average molecular weight is 417 g/mol. The van der Waals surface area contributed by atoms with E-state index in [1.165, 1.54) is 0 Å². The number of benzene rings is 1. The summed E-state index contributed by atoms with van der Waals surface area (Å²) < 4.78 is 0. The Hall–Kier alpha value is -2.31. The lowest BCUT2D eigenvalue weighted by molar-refractivity contribution is 0.220. The van der Waals surface area contributed by atoms with E-state index in [1.54, 1.807) is 6.07 Å². The van der Waals surface area contributed by atoms with Crippen LogP contribution in [0.3, 0.4) is 0 Å². The molecule has 0 bridgehead atoms. The molecule has 1 aromatic carbocycles. The van der Waals surface area contributed by atoms with Crippen LogP contribution in [0.5, 0.6) is 0 Å². The predicted octanol–water partition coefficient (Wildman–Crippen LogP) is 4.77. The van der Waals surface area contributed by atoms with Crippen LogP contribution in [0.2, 0.25) is 5.15 Å². The van der Waals surface area contributed by atoms with E-state index in [1.807, 2.05) is 43.0 Å². The Balaban J connectivity index is 1.81. The number of aryl methyl sites for hydroxylation is 1. The van der Waals surface area contributed by atoms with Crippen LogP contribution in [0.25, 0.3) is 11.1 Å². The van der Waals surface area contributed by atoms with E-state index in [0.717, 1.165) is 48.3 Å². The number of urea groups is 1. The number of aliphatic hydroxyl groups is 1. The number of aliphatic hydroxyl groups excluding tert-OH is 1. The minimum absolute atomic E-state index is 0.000536. The number of anilines is 2. The Morgan fingerprint density at radius 1 is 1.38 bits per heavy atom. The number of halogens is 1. The van der Waals surface area contributed by atoms with Gasteiger partial charge in [0.2, 0.25) is 0 Å². The van der Waals surface area contributed by atoms with Crippen LogP contribution in [-0.4, -0.2) is 46.8 Å². The molecule has 2 aromatic rings. The molecule has 3 rings (SSSR count). The summed E-state index contributed by atoms with van der Waals surface area (Å²) in [6.07, 6.45) is 2.17. The van der Waals surface area contributed by atoms with Crippen molar-refractivity contribution in [3.05, 3.63) is 41.0 Å². The average Bonchev–Trinajstić information content (AvgIpc) is 3.18. The zero-order valence-corrected chi connectivity index (χ0v) is 18.0. The van der Waals surface area contributed by atoms with Gasteiger partial charge in [0, 0.05) is 24.8 Å².